The third-order valence-electron chi connectivity index (χ3n) is 4.69. The number of nitrogens with one attached hydrogen (secondary N) is 1. The van der Waals surface area contributed by atoms with E-state index in [2.05, 4.69) is 5.32 Å². The van der Waals surface area contributed by atoms with E-state index in [4.69, 9.17) is 0 Å². The molecule has 8 nitrogen and oxygen atoms in total. The Labute approximate surface area is 146 Å². The average molecular weight is 352 g/mol. The van der Waals surface area contributed by atoms with Gasteiger partial charge < -0.3 is 5.11 Å². The van der Waals surface area contributed by atoms with E-state index in [1.807, 2.05) is 0 Å². The fourth-order valence-electron chi connectivity index (χ4n) is 3.51. The van der Waals surface area contributed by atoms with Crippen molar-refractivity contribution < 1.29 is 29.1 Å². The second-order valence-electron chi connectivity index (χ2n) is 6.14. The molecule has 0 radical (unpaired) electrons. The smallest absolute Gasteiger partial charge is 0.336 e. The Hall–Kier alpha value is -3.55. The van der Waals surface area contributed by atoms with Gasteiger partial charge in [-0.05, 0) is 30.0 Å². The average Bonchev–Trinajstić information content (AvgIpc) is 2.60. The van der Waals surface area contributed by atoms with E-state index < -0.39 is 35.6 Å². The Morgan fingerprint density at radius 2 is 1.73 bits per heavy atom. The van der Waals surface area contributed by atoms with E-state index in [0.717, 1.165) is 4.90 Å². The minimum absolute atomic E-state index is 0.0133. The predicted molar refractivity (Wildman–Crippen MR) is 87.6 cm³/mol. The van der Waals surface area contributed by atoms with Gasteiger partial charge >= 0.3 is 5.97 Å². The molecule has 1 saturated heterocycles. The zero-order valence-electron chi connectivity index (χ0n) is 13.3. The number of rotatable bonds is 2. The van der Waals surface area contributed by atoms with Crippen LogP contribution < -0.4 is 5.32 Å². The number of nitrogens with zero attached hydrogens (tertiary/aromatic N) is 1. The molecule has 26 heavy (non-hydrogen) atoms. The van der Waals surface area contributed by atoms with Crippen LogP contribution in [0.5, 0.6) is 0 Å². The van der Waals surface area contributed by atoms with Crippen LogP contribution in [0.15, 0.2) is 30.3 Å². The number of amides is 4. The SMILES string of the molecule is O=C1CCC(N2C(=O)c3cccc4c(C(=O)O)ccc(c34)C2=O)C(=O)N1. The first-order valence-electron chi connectivity index (χ1n) is 7.90. The molecule has 130 valence electrons. The number of carbonyl (C=O) groups excluding carboxylic acids is 4. The van der Waals surface area contributed by atoms with Crippen LogP contribution in [-0.4, -0.2) is 45.6 Å². The summed E-state index contributed by atoms with van der Waals surface area (Å²) >= 11 is 0. The van der Waals surface area contributed by atoms with Gasteiger partial charge in [0.05, 0.1) is 5.56 Å². The molecule has 2 N–H and O–H groups in total. The lowest BCUT2D eigenvalue weighted by molar-refractivity contribution is -0.136. The summed E-state index contributed by atoms with van der Waals surface area (Å²) in [6, 6.07) is 6.14. The molecular weight excluding hydrogens is 340 g/mol. The van der Waals surface area contributed by atoms with Gasteiger partial charge in [0.15, 0.2) is 0 Å². The maximum Gasteiger partial charge on any atom is 0.336 e. The van der Waals surface area contributed by atoms with Gasteiger partial charge in [0, 0.05) is 22.9 Å². The fourth-order valence-corrected chi connectivity index (χ4v) is 3.51. The van der Waals surface area contributed by atoms with Gasteiger partial charge in [0.25, 0.3) is 11.8 Å². The number of aromatic carboxylic acids is 1. The molecule has 8 heteroatoms. The van der Waals surface area contributed by atoms with Gasteiger partial charge in [0.1, 0.15) is 6.04 Å². The number of benzene rings is 2. The van der Waals surface area contributed by atoms with E-state index in [1.54, 1.807) is 0 Å². The number of carboxylic acids is 1. The maximum atomic E-state index is 12.9. The van der Waals surface area contributed by atoms with E-state index in [9.17, 15) is 29.1 Å². The molecule has 0 bridgehead atoms. The Morgan fingerprint density at radius 1 is 1.04 bits per heavy atom. The number of hydrogen-bond donors (Lipinski definition) is 2. The van der Waals surface area contributed by atoms with Crippen LogP contribution in [0, 0.1) is 0 Å². The van der Waals surface area contributed by atoms with Gasteiger partial charge in [-0.2, -0.15) is 0 Å². The number of carboxylic acid groups (broad SMARTS) is 1. The third kappa shape index (κ3) is 2.12. The van der Waals surface area contributed by atoms with Crippen LogP contribution in [0.25, 0.3) is 10.8 Å². The molecule has 2 heterocycles. The molecule has 1 atom stereocenters. The molecule has 1 fully saturated rings. The standard InChI is InChI=1S/C18H12N2O6/c21-13-7-6-12(15(22)19-13)20-16(23)10-3-1-2-8-9(18(25)26)4-5-11(14(8)10)17(20)24/h1-5,12H,6-7H2,(H,25,26)(H,19,21,22). The molecule has 0 aromatic heterocycles. The minimum atomic E-state index is -1.17. The third-order valence-corrected chi connectivity index (χ3v) is 4.69. The molecule has 0 spiro atoms. The number of carbonyl (C=O) groups is 5. The molecule has 2 aliphatic rings. The highest BCUT2D eigenvalue weighted by Crippen LogP contribution is 2.34. The maximum absolute atomic E-state index is 12.9. The summed E-state index contributed by atoms with van der Waals surface area (Å²) in [5.74, 6) is -3.66. The van der Waals surface area contributed by atoms with Crippen LogP contribution in [0.2, 0.25) is 0 Å². The zero-order valence-corrected chi connectivity index (χ0v) is 13.3. The van der Waals surface area contributed by atoms with Crippen molar-refractivity contribution in [2.24, 2.45) is 0 Å². The Morgan fingerprint density at radius 3 is 2.38 bits per heavy atom. The molecule has 0 aliphatic carbocycles. The molecule has 2 aliphatic heterocycles. The number of hydrogen-bond acceptors (Lipinski definition) is 5. The minimum Gasteiger partial charge on any atom is -0.478 e. The first kappa shape index (κ1) is 15.9. The van der Waals surface area contributed by atoms with Crippen molar-refractivity contribution in [1.29, 1.82) is 0 Å². The summed E-state index contributed by atoms with van der Waals surface area (Å²) in [5, 5.41) is 12.0. The highest BCUT2D eigenvalue weighted by atomic mass is 16.4. The van der Waals surface area contributed by atoms with Gasteiger partial charge in [-0.3, -0.25) is 29.4 Å². The normalized spacial score (nSPS) is 19.7. The summed E-state index contributed by atoms with van der Waals surface area (Å²) in [5.41, 5.74) is 0.301. The zero-order chi connectivity index (χ0) is 18.6. The molecule has 4 rings (SSSR count). The van der Waals surface area contributed by atoms with Crippen molar-refractivity contribution in [1.82, 2.24) is 10.2 Å². The number of piperidine rings is 1. The van der Waals surface area contributed by atoms with Crippen LogP contribution in [0.4, 0.5) is 0 Å². The monoisotopic (exact) mass is 352 g/mol. The molecular formula is C18H12N2O6. The van der Waals surface area contributed by atoms with Crippen molar-refractivity contribution in [2.45, 2.75) is 18.9 Å². The summed E-state index contributed by atoms with van der Waals surface area (Å²) in [6.45, 7) is 0. The number of imide groups is 2. The molecule has 2 aromatic carbocycles. The van der Waals surface area contributed by atoms with Gasteiger partial charge in [0.2, 0.25) is 11.8 Å². The largest absolute Gasteiger partial charge is 0.478 e. The Kier molecular flexibility index (Phi) is 3.36. The van der Waals surface area contributed by atoms with Crippen molar-refractivity contribution >= 4 is 40.4 Å². The Bertz CT molecular complexity index is 1020. The van der Waals surface area contributed by atoms with Crippen molar-refractivity contribution in [3.63, 3.8) is 0 Å². The van der Waals surface area contributed by atoms with Crippen LogP contribution >= 0.6 is 0 Å². The highest BCUT2D eigenvalue weighted by Gasteiger charge is 2.42. The molecule has 4 amide bonds. The van der Waals surface area contributed by atoms with Crippen LogP contribution in [-0.2, 0) is 9.59 Å². The van der Waals surface area contributed by atoms with Crippen molar-refractivity contribution in [3.8, 4) is 0 Å². The summed E-state index contributed by atoms with van der Waals surface area (Å²) in [6.07, 6.45) is 0.0865. The quantitative estimate of drug-likeness (QED) is 0.776. The fraction of sp³-hybridized carbons (Fsp3) is 0.167. The van der Waals surface area contributed by atoms with Crippen molar-refractivity contribution in [3.05, 3.63) is 47.0 Å². The Balaban J connectivity index is 1.90. The second kappa shape index (κ2) is 5.48. The van der Waals surface area contributed by atoms with E-state index in [1.165, 1.54) is 30.3 Å². The molecule has 0 saturated carbocycles. The topological polar surface area (TPSA) is 121 Å². The predicted octanol–water partition coefficient (Wildman–Crippen LogP) is 0.939. The first-order valence-corrected chi connectivity index (χ1v) is 7.90. The van der Waals surface area contributed by atoms with Gasteiger partial charge in [-0.25, -0.2) is 4.79 Å². The van der Waals surface area contributed by atoms with Crippen molar-refractivity contribution in [2.75, 3.05) is 0 Å². The molecule has 2 aromatic rings. The van der Waals surface area contributed by atoms with Gasteiger partial charge in [-0.1, -0.05) is 12.1 Å². The lowest BCUT2D eigenvalue weighted by Gasteiger charge is -2.34. The summed E-state index contributed by atoms with van der Waals surface area (Å²) in [7, 11) is 0. The lowest BCUT2D eigenvalue weighted by Crippen LogP contribution is -2.57. The van der Waals surface area contributed by atoms with E-state index >= 15 is 0 Å². The first-order chi connectivity index (χ1) is 12.4. The summed E-state index contributed by atoms with van der Waals surface area (Å²) < 4.78 is 0. The van der Waals surface area contributed by atoms with Gasteiger partial charge in [-0.15, -0.1) is 0 Å². The summed E-state index contributed by atoms with van der Waals surface area (Å²) in [4.78, 5) is 61.6. The lowest BCUT2D eigenvalue weighted by atomic mass is 9.89. The second-order valence-corrected chi connectivity index (χ2v) is 6.14. The van der Waals surface area contributed by atoms with Crippen LogP contribution in [0.1, 0.15) is 43.9 Å². The van der Waals surface area contributed by atoms with Crippen LogP contribution in [0.3, 0.4) is 0 Å². The van der Waals surface area contributed by atoms with E-state index in [-0.39, 0.29) is 40.3 Å². The highest BCUT2D eigenvalue weighted by molar-refractivity contribution is 6.28. The van der Waals surface area contributed by atoms with E-state index in [0.29, 0.717) is 0 Å². The molecule has 1 unspecified atom stereocenters.